The lowest BCUT2D eigenvalue weighted by Gasteiger charge is -2.44. The number of anilines is 2. The molecule has 2 N–H and O–H groups in total. The SMILES string of the molecule is COc1cc(N2CCC(N3CCN(C(C)C)CC3)CC2)ccc1N. The Bertz CT molecular complexity index is 532. The summed E-state index contributed by atoms with van der Waals surface area (Å²) < 4.78 is 5.36. The van der Waals surface area contributed by atoms with Crippen LogP contribution >= 0.6 is 0 Å². The molecule has 3 rings (SSSR count). The van der Waals surface area contributed by atoms with Crippen LogP contribution in [0.2, 0.25) is 0 Å². The molecule has 0 spiro atoms. The molecule has 2 aliphatic rings. The van der Waals surface area contributed by atoms with Gasteiger partial charge in [-0.2, -0.15) is 0 Å². The van der Waals surface area contributed by atoms with Crippen LogP contribution in [0.4, 0.5) is 11.4 Å². The molecule has 24 heavy (non-hydrogen) atoms. The molecule has 0 saturated carbocycles. The molecule has 0 radical (unpaired) electrons. The van der Waals surface area contributed by atoms with Crippen LogP contribution in [0.5, 0.6) is 5.75 Å². The second-order valence-electron chi connectivity index (χ2n) is 7.31. The molecule has 2 aliphatic heterocycles. The van der Waals surface area contributed by atoms with Crippen molar-refractivity contribution < 1.29 is 4.74 Å². The zero-order valence-electron chi connectivity index (χ0n) is 15.4. The van der Waals surface area contributed by atoms with E-state index < -0.39 is 0 Å². The largest absolute Gasteiger partial charge is 0.495 e. The lowest BCUT2D eigenvalue weighted by atomic mass is 10.0. The Labute approximate surface area is 146 Å². The van der Waals surface area contributed by atoms with Crippen LogP contribution in [-0.2, 0) is 0 Å². The molecule has 0 aliphatic carbocycles. The number of hydrogen-bond acceptors (Lipinski definition) is 5. The first-order chi connectivity index (χ1) is 11.6. The first kappa shape index (κ1) is 17.4. The number of nitrogens with zero attached hydrogens (tertiary/aromatic N) is 3. The van der Waals surface area contributed by atoms with Crippen LogP contribution in [0.3, 0.4) is 0 Å². The molecule has 134 valence electrons. The van der Waals surface area contributed by atoms with E-state index in [9.17, 15) is 0 Å². The Morgan fingerprint density at radius 2 is 1.71 bits per heavy atom. The monoisotopic (exact) mass is 332 g/mol. The Morgan fingerprint density at radius 3 is 2.29 bits per heavy atom. The van der Waals surface area contributed by atoms with E-state index in [2.05, 4.69) is 40.7 Å². The van der Waals surface area contributed by atoms with Gasteiger partial charge in [0.1, 0.15) is 5.75 Å². The van der Waals surface area contributed by atoms with Crippen LogP contribution < -0.4 is 15.4 Å². The number of piperidine rings is 1. The van der Waals surface area contributed by atoms with Crippen LogP contribution in [0, 0.1) is 0 Å². The molecule has 5 nitrogen and oxygen atoms in total. The molecule has 1 aromatic rings. The van der Waals surface area contributed by atoms with Crippen molar-refractivity contribution in [3.05, 3.63) is 18.2 Å². The second-order valence-corrected chi connectivity index (χ2v) is 7.31. The highest BCUT2D eigenvalue weighted by Gasteiger charge is 2.28. The number of rotatable bonds is 4. The third kappa shape index (κ3) is 3.78. The van der Waals surface area contributed by atoms with Gasteiger partial charge in [-0.05, 0) is 38.8 Å². The fourth-order valence-electron chi connectivity index (χ4n) is 4.00. The number of benzene rings is 1. The van der Waals surface area contributed by atoms with Crippen molar-refractivity contribution in [2.24, 2.45) is 0 Å². The van der Waals surface area contributed by atoms with Gasteiger partial charge in [-0.25, -0.2) is 0 Å². The molecule has 0 unspecified atom stereocenters. The van der Waals surface area contributed by atoms with Crippen molar-refractivity contribution >= 4 is 11.4 Å². The summed E-state index contributed by atoms with van der Waals surface area (Å²) in [6.07, 6.45) is 2.49. The minimum atomic E-state index is 0.675. The Hall–Kier alpha value is -1.46. The van der Waals surface area contributed by atoms with E-state index in [4.69, 9.17) is 10.5 Å². The third-order valence-corrected chi connectivity index (χ3v) is 5.64. The predicted molar refractivity (Wildman–Crippen MR) is 101 cm³/mol. The molecule has 5 heteroatoms. The van der Waals surface area contributed by atoms with Gasteiger partial charge in [-0.3, -0.25) is 9.80 Å². The minimum Gasteiger partial charge on any atom is -0.495 e. The highest BCUT2D eigenvalue weighted by Crippen LogP contribution is 2.30. The number of hydrogen-bond donors (Lipinski definition) is 1. The molecule has 2 heterocycles. The quantitative estimate of drug-likeness (QED) is 0.857. The van der Waals surface area contributed by atoms with Gasteiger partial charge in [0.15, 0.2) is 0 Å². The first-order valence-corrected chi connectivity index (χ1v) is 9.25. The number of ether oxygens (including phenoxy) is 1. The molecule has 0 amide bonds. The zero-order chi connectivity index (χ0) is 17.1. The lowest BCUT2D eigenvalue weighted by Crippen LogP contribution is -2.54. The molecule has 0 aromatic heterocycles. The molecular weight excluding hydrogens is 300 g/mol. The highest BCUT2D eigenvalue weighted by atomic mass is 16.5. The van der Waals surface area contributed by atoms with Gasteiger partial charge in [-0.1, -0.05) is 0 Å². The van der Waals surface area contributed by atoms with E-state index in [0.717, 1.165) is 24.9 Å². The van der Waals surface area contributed by atoms with Crippen LogP contribution in [0.25, 0.3) is 0 Å². The van der Waals surface area contributed by atoms with E-state index >= 15 is 0 Å². The van der Waals surface area contributed by atoms with E-state index in [1.807, 2.05) is 6.07 Å². The maximum atomic E-state index is 5.93. The van der Waals surface area contributed by atoms with Crippen molar-refractivity contribution in [2.45, 2.75) is 38.8 Å². The van der Waals surface area contributed by atoms with Crippen LogP contribution in [-0.4, -0.2) is 68.3 Å². The summed E-state index contributed by atoms with van der Waals surface area (Å²) in [6.45, 7) is 11.7. The predicted octanol–water partition coefficient (Wildman–Crippen LogP) is 2.27. The lowest BCUT2D eigenvalue weighted by molar-refractivity contribution is 0.0692. The van der Waals surface area contributed by atoms with Gasteiger partial charge in [0, 0.05) is 63.1 Å². The number of piperazine rings is 1. The van der Waals surface area contributed by atoms with E-state index in [1.54, 1.807) is 7.11 Å². The number of methoxy groups -OCH3 is 1. The van der Waals surface area contributed by atoms with Gasteiger partial charge >= 0.3 is 0 Å². The van der Waals surface area contributed by atoms with Crippen molar-refractivity contribution in [1.29, 1.82) is 0 Å². The summed E-state index contributed by atoms with van der Waals surface area (Å²) in [5.41, 5.74) is 7.86. The van der Waals surface area contributed by atoms with Gasteiger partial charge in [-0.15, -0.1) is 0 Å². The summed E-state index contributed by atoms with van der Waals surface area (Å²) in [5.74, 6) is 0.777. The van der Waals surface area contributed by atoms with Gasteiger partial charge in [0.25, 0.3) is 0 Å². The number of nitrogens with two attached hydrogens (primary N) is 1. The van der Waals surface area contributed by atoms with E-state index in [-0.39, 0.29) is 0 Å². The minimum absolute atomic E-state index is 0.675. The molecule has 1 aromatic carbocycles. The van der Waals surface area contributed by atoms with E-state index in [0.29, 0.717) is 11.7 Å². The normalized spacial score (nSPS) is 21.4. The smallest absolute Gasteiger partial charge is 0.143 e. The maximum Gasteiger partial charge on any atom is 0.143 e. The summed E-state index contributed by atoms with van der Waals surface area (Å²) in [4.78, 5) is 7.76. The van der Waals surface area contributed by atoms with Crippen LogP contribution in [0.15, 0.2) is 18.2 Å². The topological polar surface area (TPSA) is 45.0 Å². The fourth-order valence-corrected chi connectivity index (χ4v) is 4.00. The maximum absolute atomic E-state index is 5.93. The molecule has 2 fully saturated rings. The summed E-state index contributed by atoms with van der Waals surface area (Å²) in [6, 6.07) is 7.54. The molecular formula is C19H32N4O. The van der Waals surface area contributed by atoms with Crippen molar-refractivity contribution in [2.75, 3.05) is 57.0 Å². The Morgan fingerprint density at radius 1 is 1.04 bits per heavy atom. The van der Waals surface area contributed by atoms with Crippen molar-refractivity contribution in [3.63, 3.8) is 0 Å². The average molecular weight is 332 g/mol. The van der Waals surface area contributed by atoms with Crippen molar-refractivity contribution in [1.82, 2.24) is 9.80 Å². The summed E-state index contributed by atoms with van der Waals surface area (Å²) >= 11 is 0. The first-order valence-electron chi connectivity index (χ1n) is 9.25. The van der Waals surface area contributed by atoms with Crippen molar-refractivity contribution in [3.8, 4) is 5.75 Å². The van der Waals surface area contributed by atoms with E-state index in [1.165, 1.54) is 44.7 Å². The van der Waals surface area contributed by atoms with Crippen LogP contribution in [0.1, 0.15) is 26.7 Å². The molecule has 0 bridgehead atoms. The number of nitrogen functional groups attached to an aromatic ring is 1. The van der Waals surface area contributed by atoms with Gasteiger partial charge in [0.05, 0.1) is 12.8 Å². The third-order valence-electron chi connectivity index (χ3n) is 5.64. The Balaban J connectivity index is 1.53. The molecule has 0 atom stereocenters. The standard InChI is InChI=1S/C19H32N4O/c1-15(2)21-10-12-23(13-11-21)16-6-8-22(9-7-16)17-4-5-18(20)19(14-17)24-3/h4-5,14-16H,6-13,20H2,1-3H3. The highest BCUT2D eigenvalue weighted by molar-refractivity contribution is 5.62. The average Bonchev–Trinajstić information content (AvgIpc) is 2.62. The Kier molecular flexibility index (Phi) is 5.51. The van der Waals surface area contributed by atoms with Gasteiger partial charge in [0.2, 0.25) is 0 Å². The fraction of sp³-hybridized carbons (Fsp3) is 0.684. The molecule has 2 saturated heterocycles. The summed E-state index contributed by atoms with van der Waals surface area (Å²) in [5, 5.41) is 0. The summed E-state index contributed by atoms with van der Waals surface area (Å²) in [7, 11) is 1.68. The van der Waals surface area contributed by atoms with Gasteiger partial charge < -0.3 is 15.4 Å². The second kappa shape index (κ2) is 7.62. The zero-order valence-corrected chi connectivity index (χ0v) is 15.4.